The Morgan fingerprint density at radius 3 is 2.50 bits per heavy atom. The average molecular weight is 170 g/mol. The van der Waals surface area contributed by atoms with Gasteiger partial charge in [0.15, 0.2) is 0 Å². The number of aliphatic hydroxyl groups is 1. The highest BCUT2D eigenvalue weighted by atomic mass is 16.3. The van der Waals surface area contributed by atoms with Crippen LogP contribution in [0.1, 0.15) is 52.4 Å². The van der Waals surface area contributed by atoms with Crippen LogP contribution in [0.4, 0.5) is 0 Å². The van der Waals surface area contributed by atoms with E-state index in [1.54, 1.807) is 0 Å². The molecule has 0 saturated heterocycles. The first-order chi connectivity index (χ1) is 5.81. The van der Waals surface area contributed by atoms with Crippen LogP contribution in [0.5, 0.6) is 0 Å². The zero-order chi connectivity index (χ0) is 9.23. The topological polar surface area (TPSA) is 20.2 Å². The van der Waals surface area contributed by atoms with Crippen LogP contribution in [0.15, 0.2) is 12.2 Å². The number of hydrogen-bond donors (Lipinski definition) is 1. The Balaban J connectivity index is 3.23. The van der Waals surface area contributed by atoms with Gasteiger partial charge in [-0.15, -0.1) is 0 Å². The summed E-state index contributed by atoms with van der Waals surface area (Å²) < 4.78 is 0. The van der Waals surface area contributed by atoms with Gasteiger partial charge in [-0.25, -0.2) is 0 Å². The molecule has 1 N–H and O–H groups in total. The highest BCUT2D eigenvalue weighted by Crippen LogP contribution is 2.05. The molecule has 0 aliphatic carbocycles. The van der Waals surface area contributed by atoms with Crippen LogP contribution < -0.4 is 0 Å². The highest BCUT2D eigenvalue weighted by molar-refractivity contribution is 4.83. The molecular formula is C11H22O. The highest BCUT2D eigenvalue weighted by Gasteiger charge is 1.98. The first-order valence-electron chi connectivity index (χ1n) is 5.14. The predicted octanol–water partition coefficient (Wildman–Crippen LogP) is 3.28. The van der Waals surface area contributed by atoms with Gasteiger partial charge in [-0.1, -0.05) is 45.3 Å². The van der Waals surface area contributed by atoms with Crippen LogP contribution in [0, 0.1) is 0 Å². The molecule has 12 heavy (non-hydrogen) atoms. The zero-order valence-electron chi connectivity index (χ0n) is 8.42. The minimum atomic E-state index is -0.113. The first-order valence-corrected chi connectivity index (χ1v) is 5.14. The number of hydrogen-bond acceptors (Lipinski definition) is 1. The smallest absolute Gasteiger partial charge is 0.0574 e. The van der Waals surface area contributed by atoms with E-state index in [0.29, 0.717) is 0 Å². The second-order valence-corrected chi connectivity index (χ2v) is 3.29. The molecule has 0 amide bonds. The summed E-state index contributed by atoms with van der Waals surface area (Å²) in [6.07, 6.45) is 10.6. The standard InChI is InChI=1S/C11H22O/c1-3-5-7-8-10-11(12)9-6-4-2/h7-8,11-12H,3-6,9-10H2,1-2H3/b8-7-. The second-order valence-electron chi connectivity index (χ2n) is 3.29. The number of rotatable bonds is 7. The van der Waals surface area contributed by atoms with Gasteiger partial charge < -0.3 is 5.11 Å². The van der Waals surface area contributed by atoms with E-state index < -0.39 is 0 Å². The summed E-state index contributed by atoms with van der Waals surface area (Å²) in [7, 11) is 0. The fourth-order valence-corrected chi connectivity index (χ4v) is 1.10. The van der Waals surface area contributed by atoms with Crippen molar-refractivity contribution in [1.29, 1.82) is 0 Å². The Labute approximate surface area is 76.5 Å². The summed E-state index contributed by atoms with van der Waals surface area (Å²) >= 11 is 0. The molecule has 0 aromatic rings. The monoisotopic (exact) mass is 170 g/mol. The minimum Gasteiger partial charge on any atom is -0.393 e. The predicted molar refractivity (Wildman–Crippen MR) is 54.2 cm³/mol. The Bertz CT molecular complexity index is 108. The van der Waals surface area contributed by atoms with E-state index >= 15 is 0 Å². The molecule has 0 saturated carbocycles. The van der Waals surface area contributed by atoms with Crippen LogP contribution in [-0.4, -0.2) is 11.2 Å². The van der Waals surface area contributed by atoms with Gasteiger partial charge in [-0.3, -0.25) is 0 Å². The SMILES string of the molecule is CCC/C=C\CC(O)CCCC. The maximum Gasteiger partial charge on any atom is 0.0574 e. The third-order valence-corrected chi connectivity index (χ3v) is 1.92. The van der Waals surface area contributed by atoms with Gasteiger partial charge in [0.25, 0.3) is 0 Å². The maximum absolute atomic E-state index is 9.43. The van der Waals surface area contributed by atoms with Crippen LogP contribution in [0.25, 0.3) is 0 Å². The van der Waals surface area contributed by atoms with E-state index in [0.717, 1.165) is 25.7 Å². The molecule has 0 aromatic heterocycles. The fourth-order valence-electron chi connectivity index (χ4n) is 1.10. The quantitative estimate of drug-likeness (QED) is 0.581. The van der Waals surface area contributed by atoms with Crippen molar-refractivity contribution < 1.29 is 5.11 Å². The van der Waals surface area contributed by atoms with Crippen molar-refractivity contribution in [1.82, 2.24) is 0 Å². The van der Waals surface area contributed by atoms with Crippen LogP contribution in [0.2, 0.25) is 0 Å². The molecule has 1 heteroatoms. The van der Waals surface area contributed by atoms with Crippen molar-refractivity contribution in [3.8, 4) is 0 Å². The van der Waals surface area contributed by atoms with Crippen LogP contribution in [-0.2, 0) is 0 Å². The van der Waals surface area contributed by atoms with E-state index in [4.69, 9.17) is 0 Å². The molecule has 0 spiro atoms. The summed E-state index contributed by atoms with van der Waals surface area (Å²) in [5.74, 6) is 0. The number of unbranched alkanes of at least 4 members (excludes halogenated alkanes) is 2. The lowest BCUT2D eigenvalue weighted by molar-refractivity contribution is 0.164. The molecule has 72 valence electrons. The van der Waals surface area contributed by atoms with Gasteiger partial charge in [0.2, 0.25) is 0 Å². The fraction of sp³-hybridized carbons (Fsp3) is 0.818. The summed E-state index contributed by atoms with van der Waals surface area (Å²) in [5, 5.41) is 9.43. The molecule has 1 unspecified atom stereocenters. The maximum atomic E-state index is 9.43. The third kappa shape index (κ3) is 7.80. The van der Waals surface area contributed by atoms with Crippen molar-refractivity contribution in [2.24, 2.45) is 0 Å². The van der Waals surface area contributed by atoms with Gasteiger partial charge in [0, 0.05) is 0 Å². The molecule has 0 radical (unpaired) electrons. The molecule has 1 nitrogen and oxygen atoms in total. The Kier molecular flexibility index (Phi) is 8.57. The van der Waals surface area contributed by atoms with Crippen molar-refractivity contribution in [3.63, 3.8) is 0 Å². The van der Waals surface area contributed by atoms with Crippen molar-refractivity contribution in [3.05, 3.63) is 12.2 Å². The lowest BCUT2D eigenvalue weighted by atomic mass is 10.1. The molecule has 0 aromatic carbocycles. The molecule has 0 bridgehead atoms. The van der Waals surface area contributed by atoms with Crippen molar-refractivity contribution >= 4 is 0 Å². The average Bonchev–Trinajstić information content (AvgIpc) is 2.09. The Hall–Kier alpha value is -0.300. The Morgan fingerprint density at radius 1 is 1.17 bits per heavy atom. The molecule has 0 rings (SSSR count). The molecular weight excluding hydrogens is 148 g/mol. The van der Waals surface area contributed by atoms with E-state index in [9.17, 15) is 5.11 Å². The van der Waals surface area contributed by atoms with Gasteiger partial charge in [0.05, 0.1) is 6.10 Å². The van der Waals surface area contributed by atoms with Gasteiger partial charge in [-0.05, 0) is 19.3 Å². The molecule has 0 fully saturated rings. The lowest BCUT2D eigenvalue weighted by Crippen LogP contribution is -2.03. The molecule has 0 heterocycles. The number of allylic oxidation sites excluding steroid dienone is 1. The van der Waals surface area contributed by atoms with Crippen molar-refractivity contribution in [2.75, 3.05) is 0 Å². The first kappa shape index (κ1) is 11.7. The normalized spacial score (nSPS) is 13.9. The van der Waals surface area contributed by atoms with E-state index in [-0.39, 0.29) is 6.10 Å². The zero-order valence-corrected chi connectivity index (χ0v) is 8.42. The summed E-state index contributed by atoms with van der Waals surface area (Å²) in [4.78, 5) is 0. The van der Waals surface area contributed by atoms with E-state index in [1.165, 1.54) is 12.8 Å². The minimum absolute atomic E-state index is 0.113. The van der Waals surface area contributed by atoms with E-state index in [2.05, 4.69) is 26.0 Å². The van der Waals surface area contributed by atoms with Gasteiger partial charge in [0.1, 0.15) is 0 Å². The second kappa shape index (κ2) is 8.79. The Morgan fingerprint density at radius 2 is 1.92 bits per heavy atom. The largest absolute Gasteiger partial charge is 0.393 e. The van der Waals surface area contributed by atoms with Crippen LogP contribution >= 0.6 is 0 Å². The number of aliphatic hydroxyl groups excluding tert-OH is 1. The summed E-state index contributed by atoms with van der Waals surface area (Å²) in [5.41, 5.74) is 0. The molecule has 0 aliphatic heterocycles. The third-order valence-electron chi connectivity index (χ3n) is 1.92. The van der Waals surface area contributed by atoms with Gasteiger partial charge in [-0.2, -0.15) is 0 Å². The van der Waals surface area contributed by atoms with Gasteiger partial charge >= 0.3 is 0 Å². The van der Waals surface area contributed by atoms with Crippen LogP contribution in [0.3, 0.4) is 0 Å². The lowest BCUT2D eigenvalue weighted by Gasteiger charge is -2.05. The molecule has 1 atom stereocenters. The molecule has 0 aliphatic rings. The summed E-state index contributed by atoms with van der Waals surface area (Å²) in [6.45, 7) is 4.32. The van der Waals surface area contributed by atoms with E-state index in [1.807, 2.05) is 0 Å². The summed E-state index contributed by atoms with van der Waals surface area (Å²) in [6, 6.07) is 0. The van der Waals surface area contributed by atoms with Crippen molar-refractivity contribution in [2.45, 2.75) is 58.5 Å².